The highest BCUT2D eigenvalue weighted by Crippen LogP contribution is 2.29. The molecule has 1 saturated carbocycles. The molecule has 0 bridgehead atoms. The Bertz CT molecular complexity index is 907. The van der Waals surface area contributed by atoms with Gasteiger partial charge in [-0.2, -0.15) is 5.10 Å². The van der Waals surface area contributed by atoms with Crippen LogP contribution in [0.3, 0.4) is 0 Å². The van der Waals surface area contributed by atoms with Gasteiger partial charge in [-0.1, -0.05) is 0 Å². The number of hydrogen-bond acceptors (Lipinski definition) is 5. The minimum atomic E-state index is -0.0201. The molecule has 3 aromatic heterocycles. The van der Waals surface area contributed by atoms with Crippen LogP contribution in [0.4, 0.5) is 5.82 Å². The van der Waals surface area contributed by atoms with Gasteiger partial charge in [0.25, 0.3) is 5.56 Å². The number of nitrogens with one attached hydrogen (secondary N) is 2. The highest BCUT2D eigenvalue weighted by molar-refractivity contribution is 5.86. The van der Waals surface area contributed by atoms with E-state index in [1.807, 2.05) is 13.0 Å². The van der Waals surface area contributed by atoms with Crippen LogP contribution < -0.4 is 10.9 Å². The van der Waals surface area contributed by atoms with E-state index in [1.54, 1.807) is 29.3 Å². The Morgan fingerprint density at radius 1 is 1.25 bits per heavy atom. The number of H-pyrrole nitrogens is 1. The van der Waals surface area contributed by atoms with Gasteiger partial charge in [0.15, 0.2) is 5.82 Å². The molecule has 3 heterocycles. The Labute approximate surface area is 139 Å². The first-order chi connectivity index (χ1) is 11.7. The lowest BCUT2D eigenvalue weighted by Crippen LogP contribution is -2.33. The maximum Gasteiger partial charge on any atom is 0.266 e. The van der Waals surface area contributed by atoms with Gasteiger partial charge in [0.1, 0.15) is 11.8 Å². The first-order valence-corrected chi connectivity index (χ1v) is 8.31. The zero-order valence-electron chi connectivity index (χ0n) is 13.6. The van der Waals surface area contributed by atoms with Crippen LogP contribution in [-0.4, -0.2) is 30.8 Å². The second-order valence-electron chi connectivity index (χ2n) is 6.39. The standard InChI is InChI=1S/C17H20N6O/c1-11-9-14-16(21-11)17(19-10-18-14)22-12-4-6-13(7-5-12)23-15(24)3-2-8-20-23/h2-3,8-10,12-13,21H,4-7H2,1H3,(H,18,19,22). The van der Waals surface area contributed by atoms with E-state index in [9.17, 15) is 4.79 Å². The van der Waals surface area contributed by atoms with Crippen molar-refractivity contribution in [1.82, 2.24) is 24.7 Å². The van der Waals surface area contributed by atoms with E-state index in [0.29, 0.717) is 6.04 Å². The predicted molar refractivity (Wildman–Crippen MR) is 92.0 cm³/mol. The van der Waals surface area contributed by atoms with Gasteiger partial charge >= 0.3 is 0 Å². The van der Waals surface area contributed by atoms with E-state index in [0.717, 1.165) is 48.2 Å². The number of aromatic nitrogens is 5. The number of rotatable bonds is 3. The Kier molecular flexibility index (Phi) is 3.76. The molecule has 124 valence electrons. The zero-order valence-corrected chi connectivity index (χ0v) is 13.6. The molecule has 1 aliphatic carbocycles. The van der Waals surface area contributed by atoms with Gasteiger partial charge < -0.3 is 10.3 Å². The third kappa shape index (κ3) is 2.77. The molecule has 2 N–H and O–H groups in total. The largest absolute Gasteiger partial charge is 0.365 e. The monoisotopic (exact) mass is 324 g/mol. The summed E-state index contributed by atoms with van der Waals surface area (Å²) in [6.45, 7) is 2.02. The van der Waals surface area contributed by atoms with E-state index >= 15 is 0 Å². The lowest BCUT2D eigenvalue weighted by Gasteiger charge is -2.29. The fourth-order valence-electron chi connectivity index (χ4n) is 3.48. The molecule has 0 saturated heterocycles. The molecule has 7 heteroatoms. The van der Waals surface area contributed by atoms with Gasteiger partial charge in [-0.15, -0.1) is 0 Å². The second kappa shape index (κ2) is 6.07. The highest BCUT2D eigenvalue weighted by atomic mass is 16.1. The second-order valence-corrected chi connectivity index (χ2v) is 6.39. The van der Waals surface area contributed by atoms with E-state index in [2.05, 4.69) is 25.4 Å². The Morgan fingerprint density at radius 3 is 2.88 bits per heavy atom. The fourth-order valence-corrected chi connectivity index (χ4v) is 3.48. The molecule has 1 aliphatic rings. The Hall–Kier alpha value is -2.70. The predicted octanol–water partition coefficient (Wildman–Crippen LogP) is 2.42. The number of nitrogens with zero attached hydrogens (tertiary/aromatic N) is 4. The van der Waals surface area contributed by atoms with Crippen LogP contribution in [0.25, 0.3) is 11.0 Å². The van der Waals surface area contributed by atoms with Gasteiger partial charge in [-0.25, -0.2) is 14.6 Å². The highest BCUT2D eigenvalue weighted by Gasteiger charge is 2.24. The summed E-state index contributed by atoms with van der Waals surface area (Å²) in [6, 6.07) is 5.82. The molecule has 3 aromatic rings. The average molecular weight is 324 g/mol. The van der Waals surface area contributed by atoms with Crippen molar-refractivity contribution in [1.29, 1.82) is 0 Å². The number of anilines is 1. The minimum absolute atomic E-state index is 0.0201. The molecule has 0 atom stereocenters. The van der Waals surface area contributed by atoms with Crippen molar-refractivity contribution in [2.75, 3.05) is 5.32 Å². The molecule has 0 aromatic carbocycles. The maximum atomic E-state index is 11.9. The normalized spacial score (nSPS) is 21.0. The van der Waals surface area contributed by atoms with Crippen molar-refractivity contribution in [2.24, 2.45) is 0 Å². The van der Waals surface area contributed by atoms with Gasteiger partial charge in [0.2, 0.25) is 0 Å². The number of fused-ring (bicyclic) bond motifs is 1. The maximum absolute atomic E-state index is 11.9. The molecular formula is C17H20N6O. The van der Waals surface area contributed by atoms with Crippen molar-refractivity contribution in [3.63, 3.8) is 0 Å². The Morgan fingerprint density at radius 2 is 2.08 bits per heavy atom. The van der Waals surface area contributed by atoms with Gasteiger partial charge in [-0.05, 0) is 44.7 Å². The topological polar surface area (TPSA) is 88.5 Å². The van der Waals surface area contributed by atoms with Crippen molar-refractivity contribution in [3.8, 4) is 0 Å². The SMILES string of the molecule is Cc1cc2ncnc(NC3CCC(n4ncccc4=O)CC3)c2[nH]1. The third-order valence-corrected chi connectivity index (χ3v) is 4.68. The molecule has 0 radical (unpaired) electrons. The fraction of sp³-hybridized carbons (Fsp3) is 0.412. The van der Waals surface area contributed by atoms with Crippen LogP contribution in [0.1, 0.15) is 37.4 Å². The molecular weight excluding hydrogens is 304 g/mol. The quantitative estimate of drug-likeness (QED) is 0.772. The number of aromatic amines is 1. The first-order valence-electron chi connectivity index (χ1n) is 8.31. The van der Waals surface area contributed by atoms with Crippen molar-refractivity contribution < 1.29 is 0 Å². The van der Waals surface area contributed by atoms with Crippen molar-refractivity contribution in [2.45, 2.75) is 44.7 Å². The van der Waals surface area contributed by atoms with Gasteiger partial charge in [-0.3, -0.25) is 4.79 Å². The summed E-state index contributed by atoms with van der Waals surface area (Å²) in [6.07, 6.45) is 7.12. The van der Waals surface area contributed by atoms with E-state index in [4.69, 9.17) is 0 Å². The summed E-state index contributed by atoms with van der Waals surface area (Å²) in [5.41, 5.74) is 2.94. The lowest BCUT2D eigenvalue weighted by molar-refractivity contribution is 0.303. The molecule has 0 spiro atoms. The summed E-state index contributed by atoms with van der Waals surface area (Å²) >= 11 is 0. The number of hydrogen-bond donors (Lipinski definition) is 2. The molecule has 0 aliphatic heterocycles. The first kappa shape index (κ1) is 14.9. The molecule has 1 fully saturated rings. The average Bonchev–Trinajstić information content (AvgIpc) is 2.98. The van der Waals surface area contributed by atoms with Crippen LogP contribution >= 0.6 is 0 Å². The summed E-state index contributed by atoms with van der Waals surface area (Å²) in [7, 11) is 0. The van der Waals surface area contributed by atoms with Gasteiger partial charge in [0.05, 0.1) is 11.6 Å². The smallest absolute Gasteiger partial charge is 0.266 e. The van der Waals surface area contributed by atoms with E-state index < -0.39 is 0 Å². The van der Waals surface area contributed by atoms with Crippen LogP contribution in [0.2, 0.25) is 0 Å². The lowest BCUT2D eigenvalue weighted by atomic mass is 9.91. The van der Waals surface area contributed by atoms with Crippen LogP contribution in [0, 0.1) is 6.92 Å². The van der Waals surface area contributed by atoms with Crippen molar-refractivity contribution >= 4 is 16.9 Å². The summed E-state index contributed by atoms with van der Waals surface area (Å²) in [4.78, 5) is 23.9. The third-order valence-electron chi connectivity index (χ3n) is 4.68. The minimum Gasteiger partial charge on any atom is -0.365 e. The molecule has 0 unspecified atom stereocenters. The molecule has 7 nitrogen and oxygen atoms in total. The van der Waals surface area contributed by atoms with Gasteiger partial charge in [0, 0.05) is 24.0 Å². The molecule has 4 rings (SSSR count). The van der Waals surface area contributed by atoms with Crippen LogP contribution in [0.5, 0.6) is 0 Å². The molecule has 24 heavy (non-hydrogen) atoms. The summed E-state index contributed by atoms with van der Waals surface area (Å²) in [5, 5.41) is 7.75. The molecule has 0 amide bonds. The van der Waals surface area contributed by atoms with E-state index in [-0.39, 0.29) is 11.6 Å². The summed E-state index contributed by atoms with van der Waals surface area (Å²) in [5.74, 6) is 0.853. The van der Waals surface area contributed by atoms with Crippen LogP contribution in [0.15, 0.2) is 35.5 Å². The summed E-state index contributed by atoms with van der Waals surface area (Å²) < 4.78 is 1.62. The zero-order chi connectivity index (χ0) is 16.5. The van der Waals surface area contributed by atoms with Crippen LogP contribution in [-0.2, 0) is 0 Å². The van der Waals surface area contributed by atoms with E-state index in [1.165, 1.54) is 0 Å². The number of aryl methyl sites for hydroxylation is 1. The van der Waals surface area contributed by atoms with Crippen molar-refractivity contribution in [3.05, 3.63) is 46.8 Å². The Balaban J connectivity index is 1.46.